The molecule has 0 aliphatic rings. The summed E-state index contributed by atoms with van der Waals surface area (Å²) in [5.74, 6) is 0. The second kappa shape index (κ2) is 7.77. The first-order valence-corrected chi connectivity index (χ1v) is 4.68. The van der Waals surface area contributed by atoms with Crippen LogP contribution in [0.1, 0.15) is 25.3 Å². The molecule has 1 aromatic rings. The molecule has 0 bridgehead atoms. The number of rotatable bonds is 5. The smallest absolute Gasteiger partial charge is 0.0205 e. The third-order valence-corrected chi connectivity index (χ3v) is 1.88. The molecule has 0 amide bonds. The molecule has 0 fully saturated rings. The number of hydrogen-bond acceptors (Lipinski definition) is 2. The molecule has 74 valence electrons. The van der Waals surface area contributed by atoms with Crippen LogP contribution in [-0.4, -0.2) is 6.54 Å². The molecular weight excluding hydrogens is 160 g/mol. The number of hydrogen-bond donors (Lipinski definition) is 2. The minimum atomic E-state index is 0. The van der Waals surface area contributed by atoms with E-state index in [1.807, 2.05) is 0 Å². The molecule has 0 saturated carbocycles. The van der Waals surface area contributed by atoms with Gasteiger partial charge in [0.1, 0.15) is 0 Å². The quantitative estimate of drug-likeness (QED) is 0.684. The third kappa shape index (κ3) is 5.39. The Balaban J connectivity index is 0.00000144. The highest BCUT2D eigenvalue weighted by Gasteiger charge is 1.88. The summed E-state index contributed by atoms with van der Waals surface area (Å²) >= 11 is 0. The predicted molar refractivity (Wildman–Crippen MR) is 58.1 cm³/mol. The summed E-state index contributed by atoms with van der Waals surface area (Å²) in [5, 5.41) is 3.40. The van der Waals surface area contributed by atoms with E-state index < -0.39 is 0 Å². The van der Waals surface area contributed by atoms with E-state index in [9.17, 15) is 0 Å². The van der Waals surface area contributed by atoms with Crippen molar-refractivity contribution in [2.45, 2.75) is 26.3 Å². The fourth-order valence-electron chi connectivity index (χ4n) is 1.13. The van der Waals surface area contributed by atoms with E-state index in [0.29, 0.717) is 0 Å². The zero-order valence-corrected chi connectivity index (χ0v) is 8.42. The van der Waals surface area contributed by atoms with Crippen LogP contribution >= 0.6 is 0 Å². The van der Waals surface area contributed by atoms with Gasteiger partial charge in [-0.2, -0.15) is 0 Å². The van der Waals surface area contributed by atoms with Crippen LogP contribution in [0.5, 0.6) is 0 Å². The van der Waals surface area contributed by atoms with Crippen molar-refractivity contribution < 1.29 is 0 Å². The van der Waals surface area contributed by atoms with E-state index in [2.05, 4.69) is 42.6 Å². The Kier molecular flexibility index (Phi) is 7.26. The first kappa shape index (κ1) is 12.1. The van der Waals surface area contributed by atoms with Crippen LogP contribution in [0.15, 0.2) is 30.3 Å². The van der Waals surface area contributed by atoms with E-state index in [1.165, 1.54) is 18.4 Å². The monoisotopic (exact) mass is 180 g/mol. The minimum Gasteiger partial charge on any atom is -0.344 e. The maximum atomic E-state index is 3.40. The summed E-state index contributed by atoms with van der Waals surface area (Å²) < 4.78 is 0. The molecule has 1 aromatic carbocycles. The molecule has 0 heterocycles. The van der Waals surface area contributed by atoms with Gasteiger partial charge in [0.15, 0.2) is 0 Å². The van der Waals surface area contributed by atoms with Crippen molar-refractivity contribution in [1.29, 1.82) is 0 Å². The molecule has 0 saturated heterocycles. The Morgan fingerprint density at radius 2 is 1.85 bits per heavy atom. The van der Waals surface area contributed by atoms with Gasteiger partial charge in [0, 0.05) is 6.54 Å². The van der Waals surface area contributed by atoms with Crippen molar-refractivity contribution in [3.63, 3.8) is 0 Å². The average molecular weight is 180 g/mol. The van der Waals surface area contributed by atoms with Gasteiger partial charge >= 0.3 is 0 Å². The third-order valence-electron chi connectivity index (χ3n) is 1.88. The Hall–Kier alpha value is -0.860. The predicted octanol–water partition coefficient (Wildman–Crippen LogP) is 2.74. The van der Waals surface area contributed by atoms with Crippen LogP contribution in [0.2, 0.25) is 0 Å². The number of unbranched alkanes of at least 4 members (excludes halogenated alkanes) is 1. The standard InChI is InChI=1S/C11H17N.H3N/c1-2-3-9-12-10-11-7-5-4-6-8-11;/h4-8,12H,2-3,9-10H2,1H3;1H3. The summed E-state index contributed by atoms with van der Waals surface area (Å²) in [4.78, 5) is 0. The van der Waals surface area contributed by atoms with Crippen molar-refractivity contribution in [3.05, 3.63) is 35.9 Å². The minimum absolute atomic E-state index is 0. The lowest BCUT2D eigenvalue weighted by Crippen LogP contribution is -2.14. The van der Waals surface area contributed by atoms with Crippen LogP contribution in [-0.2, 0) is 6.54 Å². The Morgan fingerprint density at radius 3 is 2.46 bits per heavy atom. The maximum Gasteiger partial charge on any atom is 0.0205 e. The van der Waals surface area contributed by atoms with Crippen molar-refractivity contribution in [1.82, 2.24) is 11.5 Å². The molecular formula is C11H20N2. The summed E-state index contributed by atoms with van der Waals surface area (Å²) in [6.07, 6.45) is 2.54. The van der Waals surface area contributed by atoms with Crippen molar-refractivity contribution in [3.8, 4) is 0 Å². The molecule has 0 aromatic heterocycles. The SMILES string of the molecule is CCCCNCc1ccccc1.N. The van der Waals surface area contributed by atoms with E-state index >= 15 is 0 Å². The Labute approximate surface area is 80.9 Å². The number of nitrogens with one attached hydrogen (secondary N) is 1. The van der Waals surface area contributed by atoms with Crippen LogP contribution in [0.25, 0.3) is 0 Å². The highest BCUT2D eigenvalue weighted by molar-refractivity contribution is 5.14. The van der Waals surface area contributed by atoms with Gasteiger partial charge in [-0.1, -0.05) is 43.7 Å². The summed E-state index contributed by atoms with van der Waals surface area (Å²) in [6, 6.07) is 10.5. The van der Waals surface area contributed by atoms with Gasteiger partial charge in [0.25, 0.3) is 0 Å². The highest BCUT2D eigenvalue weighted by Crippen LogP contribution is 1.97. The maximum absolute atomic E-state index is 3.40. The summed E-state index contributed by atoms with van der Waals surface area (Å²) in [6.45, 7) is 4.34. The first-order valence-electron chi connectivity index (χ1n) is 4.68. The molecule has 0 unspecified atom stereocenters. The average Bonchev–Trinajstić information content (AvgIpc) is 2.14. The Morgan fingerprint density at radius 1 is 1.15 bits per heavy atom. The molecule has 4 N–H and O–H groups in total. The van der Waals surface area contributed by atoms with Crippen molar-refractivity contribution in [2.75, 3.05) is 6.54 Å². The first-order chi connectivity index (χ1) is 5.93. The fraction of sp³-hybridized carbons (Fsp3) is 0.455. The highest BCUT2D eigenvalue weighted by atomic mass is 14.8. The second-order valence-corrected chi connectivity index (χ2v) is 3.02. The van der Waals surface area contributed by atoms with Crippen LogP contribution in [0.3, 0.4) is 0 Å². The van der Waals surface area contributed by atoms with Gasteiger partial charge in [-0.05, 0) is 18.5 Å². The summed E-state index contributed by atoms with van der Waals surface area (Å²) in [7, 11) is 0. The summed E-state index contributed by atoms with van der Waals surface area (Å²) in [5.41, 5.74) is 1.37. The molecule has 1 rings (SSSR count). The molecule has 0 radical (unpaired) electrons. The number of benzene rings is 1. The van der Waals surface area contributed by atoms with Gasteiger partial charge < -0.3 is 11.5 Å². The lowest BCUT2D eigenvalue weighted by molar-refractivity contribution is 0.641. The van der Waals surface area contributed by atoms with Crippen LogP contribution < -0.4 is 11.5 Å². The van der Waals surface area contributed by atoms with E-state index in [0.717, 1.165) is 13.1 Å². The largest absolute Gasteiger partial charge is 0.344 e. The van der Waals surface area contributed by atoms with Crippen LogP contribution in [0, 0.1) is 0 Å². The topological polar surface area (TPSA) is 47.0 Å². The van der Waals surface area contributed by atoms with Gasteiger partial charge in [-0.3, -0.25) is 0 Å². The molecule has 2 nitrogen and oxygen atoms in total. The van der Waals surface area contributed by atoms with Gasteiger partial charge in [-0.25, -0.2) is 0 Å². The van der Waals surface area contributed by atoms with Crippen LogP contribution in [0.4, 0.5) is 0 Å². The van der Waals surface area contributed by atoms with E-state index in [1.54, 1.807) is 0 Å². The van der Waals surface area contributed by atoms with E-state index in [4.69, 9.17) is 0 Å². The van der Waals surface area contributed by atoms with Crippen molar-refractivity contribution >= 4 is 0 Å². The molecule has 13 heavy (non-hydrogen) atoms. The molecule has 0 atom stereocenters. The lowest BCUT2D eigenvalue weighted by Gasteiger charge is -2.02. The molecule has 2 heteroatoms. The molecule has 0 aliphatic carbocycles. The van der Waals surface area contributed by atoms with Crippen molar-refractivity contribution in [2.24, 2.45) is 0 Å². The second-order valence-electron chi connectivity index (χ2n) is 3.02. The van der Waals surface area contributed by atoms with Gasteiger partial charge in [-0.15, -0.1) is 0 Å². The lowest BCUT2D eigenvalue weighted by atomic mass is 10.2. The Bertz CT molecular complexity index is 197. The zero-order chi connectivity index (χ0) is 8.65. The van der Waals surface area contributed by atoms with Gasteiger partial charge in [0.05, 0.1) is 0 Å². The molecule has 0 aliphatic heterocycles. The zero-order valence-electron chi connectivity index (χ0n) is 8.42. The normalized spacial score (nSPS) is 9.31. The fourth-order valence-corrected chi connectivity index (χ4v) is 1.13. The van der Waals surface area contributed by atoms with Gasteiger partial charge in [0.2, 0.25) is 0 Å². The molecule has 0 spiro atoms. The van der Waals surface area contributed by atoms with E-state index in [-0.39, 0.29) is 6.15 Å².